The zero-order valence-electron chi connectivity index (χ0n) is 17.7. The molecular weight excluding hydrogens is 464 g/mol. The molecule has 1 aliphatic heterocycles. The number of hydrogen-bond donors (Lipinski definition) is 1. The lowest BCUT2D eigenvalue weighted by atomic mass is 9.99. The van der Waals surface area contributed by atoms with Crippen molar-refractivity contribution in [1.82, 2.24) is 9.62 Å². The first-order chi connectivity index (χ1) is 15.5. The van der Waals surface area contributed by atoms with Crippen LogP contribution >= 0.6 is 0 Å². The average molecular weight is 486 g/mol. The van der Waals surface area contributed by atoms with Gasteiger partial charge in [-0.1, -0.05) is 17.7 Å². The highest BCUT2D eigenvalue weighted by molar-refractivity contribution is 7.89. The molecule has 0 bridgehead atoms. The van der Waals surface area contributed by atoms with Gasteiger partial charge < -0.3 is 10.1 Å². The zero-order valence-corrected chi connectivity index (χ0v) is 18.5. The molecule has 2 aromatic rings. The number of benzene rings is 2. The van der Waals surface area contributed by atoms with Gasteiger partial charge in [-0.2, -0.15) is 4.31 Å². The van der Waals surface area contributed by atoms with Crippen LogP contribution in [0.1, 0.15) is 25.3 Å². The highest BCUT2D eigenvalue weighted by Crippen LogP contribution is 2.28. The molecule has 1 N–H and O–H groups in total. The first-order valence-corrected chi connectivity index (χ1v) is 11.5. The van der Waals surface area contributed by atoms with Crippen LogP contribution in [0.25, 0.3) is 0 Å². The number of piperidine rings is 1. The van der Waals surface area contributed by atoms with E-state index in [-0.39, 0.29) is 36.3 Å². The van der Waals surface area contributed by atoms with Crippen molar-refractivity contribution in [2.45, 2.75) is 37.6 Å². The Morgan fingerprint density at radius 3 is 2.15 bits per heavy atom. The largest absolute Gasteiger partial charge is 0.573 e. The molecular formula is C22H22F4N2O4S. The maximum absolute atomic E-state index is 13.0. The molecule has 0 atom stereocenters. The van der Waals surface area contributed by atoms with Gasteiger partial charge in [-0.3, -0.25) is 4.79 Å². The minimum absolute atomic E-state index is 0.140. The minimum Gasteiger partial charge on any atom is -0.406 e. The van der Waals surface area contributed by atoms with Crippen LogP contribution in [0.4, 0.5) is 17.6 Å². The third-order valence-corrected chi connectivity index (χ3v) is 7.17. The fourth-order valence-corrected chi connectivity index (χ4v) is 4.85. The monoisotopic (exact) mass is 486 g/mol. The summed E-state index contributed by atoms with van der Waals surface area (Å²) >= 11 is 0. The number of nitrogens with one attached hydrogen (secondary N) is 1. The molecule has 33 heavy (non-hydrogen) atoms. The average Bonchev–Trinajstić information content (AvgIpc) is 2.77. The Hall–Kier alpha value is -2.92. The van der Waals surface area contributed by atoms with Crippen molar-refractivity contribution >= 4 is 15.9 Å². The molecule has 1 fully saturated rings. The van der Waals surface area contributed by atoms with E-state index in [9.17, 15) is 30.8 Å². The lowest BCUT2D eigenvalue weighted by Gasteiger charge is -2.28. The highest BCUT2D eigenvalue weighted by atomic mass is 32.2. The van der Waals surface area contributed by atoms with Crippen LogP contribution in [0.15, 0.2) is 64.6 Å². The number of carbonyl (C=O) groups excluding carboxylic acids is 1. The molecule has 1 amide bonds. The van der Waals surface area contributed by atoms with Crippen LogP contribution in [0, 0.1) is 5.82 Å². The van der Waals surface area contributed by atoms with Gasteiger partial charge in [0, 0.05) is 25.2 Å². The van der Waals surface area contributed by atoms with Crippen LogP contribution in [0.2, 0.25) is 0 Å². The Morgan fingerprint density at radius 1 is 1.03 bits per heavy atom. The minimum atomic E-state index is -4.86. The standard InChI is InChI=1S/C22H22F4N2O4S/c1-15(21(29)27-14-16-2-4-18(23)5-3-16)17-10-12-28(13-11-17)33(30,31)20-8-6-19(7-9-20)32-22(24,25)26/h2-9H,10-14H2,1H3,(H,27,29). The molecule has 1 heterocycles. The van der Waals surface area contributed by atoms with E-state index in [1.807, 2.05) is 0 Å². The van der Waals surface area contributed by atoms with Gasteiger partial charge in [-0.15, -0.1) is 13.2 Å². The molecule has 0 saturated carbocycles. The van der Waals surface area contributed by atoms with E-state index in [0.717, 1.165) is 35.4 Å². The number of nitrogens with zero attached hydrogens (tertiary/aromatic N) is 1. The van der Waals surface area contributed by atoms with Crippen LogP contribution in [0.3, 0.4) is 0 Å². The second-order valence-corrected chi connectivity index (χ2v) is 9.40. The van der Waals surface area contributed by atoms with Crippen LogP contribution < -0.4 is 10.1 Å². The summed E-state index contributed by atoms with van der Waals surface area (Å²) in [5.41, 5.74) is 2.07. The van der Waals surface area contributed by atoms with Crippen molar-refractivity contribution in [2.24, 2.45) is 0 Å². The summed E-state index contributed by atoms with van der Waals surface area (Å²) in [6, 6.07) is 9.79. The van der Waals surface area contributed by atoms with E-state index in [1.165, 1.54) is 16.4 Å². The third kappa shape index (κ3) is 6.55. The predicted octanol–water partition coefficient (Wildman–Crippen LogP) is 4.14. The lowest BCUT2D eigenvalue weighted by Crippen LogP contribution is -2.37. The van der Waals surface area contributed by atoms with Gasteiger partial charge in [-0.05, 0) is 61.7 Å². The summed E-state index contributed by atoms with van der Waals surface area (Å²) in [5, 5.41) is 2.76. The number of ether oxygens (including phenoxy) is 1. The van der Waals surface area contributed by atoms with Crippen molar-refractivity contribution in [3.05, 3.63) is 71.1 Å². The lowest BCUT2D eigenvalue weighted by molar-refractivity contribution is -0.274. The maximum atomic E-state index is 13.0. The molecule has 1 saturated heterocycles. The summed E-state index contributed by atoms with van der Waals surface area (Å²) in [5.74, 6) is -1.16. The normalized spacial score (nSPS) is 15.2. The fourth-order valence-electron chi connectivity index (χ4n) is 3.41. The quantitative estimate of drug-likeness (QED) is 0.492. The molecule has 3 rings (SSSR count). The van der Waals surface area contributed by atoms with E-state index < -0.39 is 22.1 Å². The van der Waals surface area contributed by atoms with Crippen LogP contribution in [0.5, 0.6) is 5.75 Å². The first-order valence-electron chi connectivity index (χ1n) is 10.0. The van der Waals surface area contributed by atoms with E-state index in [1.54, 1.807) is 19.1 Å². The number of halogens is 4. The summed E-state index contributed by atoms with van der Waals surface area (Å²) in [4.78, 5) is 12.3. The highest BCUT2D eigenvalue weighted by Gasteiger charge is 2.32. The Bertz CT molecular complexity index is 1120. The molecule has 2 aromatic carbocycles. The van der Waals surface area contributed by atoms with Crippen molar-refractivity contribution in [3.8, 4) is 5.75 Å². The maximum Gasteiger partial charge on any atom is 0.573 e. The smallest absolute Gasteiger partial charge is 0.406 e. The van der Waals surface area contributed by atoms with E-state index in [0.29, 0.717) is 18.4 Å². The van der Waals surface area contributed by atoms with Gasteiger partial charge in [0.1, 0.15) is 11.6 Å². The van der Waals surface area contributed by atoms with Crippen molar-refractivity contribution in [1.29, 1.82) is 0 Å². The molecule has 1 aliphatic rings. The van der Waals surface area contributed by atoms with Gasteiger partial charge in [0.05, 0.1) is 4.90 Å². The SMILES string of the molecule is CC(C(=O)NCc1ccc(F)cc1)=C1CCN(S(=O)(=O)c2ccc(OC(F)(F)F)cc2)CC1. The number of sulfonamides is 1. The van der Waals surface area contributed by atoms with Crippen molar-refractivity contribution in [3.63, 3.8) is 0 Å². The van der Waals surface area contributed by atoms with Gasteiger partial charge in [-0.25, -0.2) is 12.8 Å². The summed E-state index contributed by atoms with van der Waals surface area (Å²) in [6.07, 6.45) is -4.16. The predicted molar refractivity (Wildman–Crippen MR) is 112 cm³/mol. The Kier molecular flexibility index (Phi) is 7.43. The Balaban J connectivity index is 1.59. The molecule has 0 radical (unpaired) electrons. The van der Waals surface area contributed by atoms with Gasteiger partial charge in [0.15, 0.2) is 0 Å². The molecule has 11 heteroatoms. The molecule has 0 unspecified atom stereocenters. The molecule has 0 aliphatic carbocycles. The van der Waals surface area contributed by atoms with Crippen molar-refractivity contribution in [2.75, 3.05) is 13.1 Å². The van der Waals surface area contributed by atoms with E-state index in [4.69, 9.17) is 0 Å². The third-order valence-electron chi connectivity index (χ3n) is 5.26. The topological polar surface area (TPSA) is 75.7 Å². The Labute approximate surface area is 188 Å². The second-order valence-electron chi connectivity index (χ2n) is 7.46. The molecule has 0 aromatic heterocycles. The summed E-state index contributed by atoms with van der Waals surface area (Å²) in [7, 11) is -3.90. The molecule has 6 nitrogen and oxygen atoms in total. The van der Waals surface area contributed by atoms with E-state index in [2.05, 4.69) is 10.1 Å². The summed E-state index contributed by atoms with van der Waals surface area (Å²) in [6.45, 7) is 2.18. The molecule has 178 valence electrons. The zero-order chi connectivity index (χ0) is 24.2. The number of alkyl halides is 3. The number of rotatable bonds is 6. The van der Waals surface area contributed by atoms with Gasteiger partial charge in [0.25, 0.3) is 0 Å². The number of carbonyl (C=O) groups is 1. The Morgan fingerprint density at radius 2 is 1.61 bits per heavy atom. The molecule has 0 spiro atoms. The second kappa shape index (κ2) is 9.92. The van der Waals surface area contributed by atoms with Crippen molar-refractivity contribution < 1.29 is 35.5 Å². The number of hydrogen-bond acceptors (Lipinski definition) is 4. The summed E-state index contributed by atoms with van der Waals surface area (Å²) < 4.78 is 80.4. The first kappa shape index (κ1) is 24.7. The van der Waals surface area contributed by atoms with Gasteiger partial charge in [0.2, 0.25) is 15.9 Å². The van der Waals surface area contributed by atoms with E-state index >= 15 is 0 Å². The fraction of sp³-hybridized carbons (Fsp3) is 0.318. The number of amides is 1. The van der Waals surface area contributed by atoms with Crippen LogP contribution in [-0.4, -0.2) is 38.1 Å². The van der Waals surface area contributed by atoms with Gasteiger partial charge >= 0.3 is 6.36 Å². The van der Waals surface area contributed by atoms with Crippen LogP contribution in [-0.2, 0) is 21.4 Å².